The molecule has 9 rings (SSSR count). The van der Waals surface area contributed by atoms with Gasteiger partial charge in [0.1, 0.15) is 30.3 Å². The number of piperazine rings is 1. The van der Waals surface area contributed by atoms with Gasteiger partial charge in [-0.1, -0.05) is 19.9 Å². The molecule has 17 nitrogen and oxygen atoms in total. The van der Waals surface area contributed by atoms with Gasteiger partial charge < -0.3 is 34.2 Å². The zero-order chi connectivity index (χ0) is 47.0. The summed E-state index contributed by atoms with van der Waals surface area (Å²) in [5, 5.41) is 9.77. The smallest absolute Gasteiger partial charge is 0.420 e. The fraction of sp³-hybridized carbons (Fsp3) is 0.438. The molecular formula is C48H57BrN11O6P. The number of hydrogen-bond acceptors (Lipinski definition) is 15. The van der Waals surface area contributed by atoms with Crippen molar-refractivity contribution in [2.24, 2.45) is 0 Å². The molecule has 19 heteroatoms. The molecule has 6 heterocycles. The van der Waals surface area contributed by atoms with E-state index in [1.54, 1.807) is 32.8 Å². The zero-order valence-corrected chi connectivity index (χ0v) is 41.1. The maximum absolute atomic E-state index is 13.7. The van der Waals surface area contributed by atoms with Crippen molar-refractivity contribution < 1.29 is 23.3 Å². The van der Waals surface area contributed by atoms with Crippen LogP contribution >= 0.6 is 23.1 Å². The zero-order valence-electron chi connectivity index (χ0n) is 38.6. The first kappa shape index (κ1) is 46.4. The molecule has 352 valence electrons. The van der Waals surface area contributed by atoms with E-state index in [-0.39, 0.29) is 18.7 Å². The Morgan fingerprint density at radius 2 is 1.69 bits per heavy atom. The monoisotopic (exact) mass is 993 g/mol. The number of hydrogen-bond donors (Lipinski definition) is 3. The highest BCUT2D eigenvalue weighted by Gasteiger charge is 2.32. The fourth-order valence-corrected chi connectivity index (χ4v) is 11.4. The topological polar surface area (TPSA) is 193 Å². The Hall–Kier alpha value is -5.68. The van der Waals surface area contributed by atoms with Gasteiger partial charge >= 0.3 is 5.76 Å². The molecule has 1 atom stereocenters. The maximum Gasteiger partial charge on any atom is 0.420 e. The van der Waals surface area contributed by atoms with Crippen molar-refractivity contribution in [2.75, 3.05) is 81.8 Å². The third-order valence-corrected chi connectivity index (χ3v) is 15.4. The molecule has 3 aliphatic heterocycles. The fourth-order valence-electron chi connectivity index (χ4n) is 9.72. The quantitative estimate of drug-likeness (QED) is 0.0765. The van der Waals surface area contributed by atoms with Gasteiger partial charge in [-0.2, -0.15) is 4.98 Å². The van der Waals surface area contributed by atoms with E-state index < -0.39 is 24.8 Å². The van der Waals surface area contributed by atoms with E-state index in [1.165, 1.54) is 15.8 Å². The third kappa shape index (κ3) is 9.85. The van der Waals surface area contributed by atoms with Crippen LogP contribution in [0.5, 0.6) is 5.75 Å². The predicted octanol–water partition coefficient (Wildman–Crippen LogP) is 6.77. The minimum absolute atomic E-state index is 0.189. The summed E-state index contributed by atoms with van der Waals surface area (Å²) in [6, 6.07) is 13.6. The second-order valence-corrected chi connectivity index (χ2v) is 21.9. The number of rotatable bonds is 14. The first-order valence-electron chi connectivity index (χ1n) is 23.1. The average Bonchev–Trinajstić information content (AvgIpc) is 3.65. The summed E-state index contributed by atoms with van der Waals surface area (Å²) < 4.78 is 27.2. The number of ether oxygens (including phenoxy) is 1. The van der Waals surface area contributed by atoms with E-state index in [0.717, 1.165) is 94.9 Å². The predicted molar refractivity (Wildman–Crippen MR) is 266 cm³/mol. The van der Waals surface area contributed by atoms with Crippen LogP contribution in [0.4, 0.5) is 28.8 Å². The Bertz CT molecular complexity index is 2960. The Labute approximate surface area is 397 Å². The summed E-state index contributed by atoms with van der Waals surface area (Å²) in [6.45, 7) is 14.5. The molecule has 3 saturated heterocycles. The number of fused-ring (bicyclic) bond motifs is 2. The molecule has 67 heavy (non-hydrogen) atoms. The normalized spacial score (nSPS) is 17.9. The van der Waals surface area contributed by atoms with Gasteiger partial charge in [0.25, 0.3) is 0 Å². The molecule has 2 amide bonds. The molecule has 0 aliphatic carbocycles. The molecule has 3 aromatic carbocycles. The molecule has 0 saturated carbocycles. The molecule has 3 aromatic heterocycles. The highest BCUT2D eigenvalue weighted by molar-refractivity contribution is 9.10. The number of aromatic nitrogens is 5. The number of halogens is 1. The minimum atomic E-state index is -2.80. The Morgan fingerprint density at radius 1 is 0.896 bits per heavy atom. The van der Waals surface area contributed by atoms with Crippen LogP contribution in [-0.2, 0) is 33.4 Å². The molecule has 6 aromatic rings. The highest BCUT2D eigenvalue weighted by atomic mass is 79.9. The Kier molecular flexibility index (Phi) is 13.5. The largest absolute Gasteiger partial charge is 0.494 e. The number of imide groups is 1. The van der Waals surface area contributed by atoms with E-state index >= 15 is 0 Å². The van der Waals surface area contributed by atoms with Crippen molar-refractivity contribution in [3.05, 3.63) is 86.7 Å². The van der Waals surface area contributed by atoms with Crippen LogP contribution in [0.25, 0.3) is 22.1 Å². The SMILES string of the molecule is CCc1cnc2c(P(C)(C)=O)c(Nc3nc(Nc4cc(CC)c(N5CCC(N6CCN(CCc7ccc8c(c7)oc(=O)n8C7CCC(=O)NC7=O)CC6)CC5)cc4OC)ncc3Br)ccc2n1. The van der Waals surface area contributed by atoms with Crippen LogP contribution in [-0.4, -0.2) is 118 Å². The molecule has 0 bridgehead atoms. The van der Waals surface area contributed by atoms with Gasteiger partial charge in [-0.3, -0.25) is 29.4 Å². The molecule has 0 radical (unpaired) electrons. The molecule has 3 fully saturated rings. The second-order valence-electron chi connectivity index (χ2n) is 17.9. The van der Waals surface area contributed by atoms with Crippen LogP contribution < -0.4 is 36.6 Å². The average molecular weight is 995 g/mol. The van der Waals surface area contributed by atoms with Crippen molar-refractivity contribution in [2.45, 2.75) is 70.9 Å². The van der Waals surface area contributed by atoms with Crippen LogP contribution in [0, 0.1) is 0 Å². The van der Waals surface area contributed by atoms with Gasteiger partial charge in [0.2, 0.25) is 17.8 Å². The van der Waals surface area contributed by atoms with E-state index in [2.05, 4.69) is 75.6 Å². The highest BCUT2D eigenvalue weighted by Crippen LogP contribution is 2.42. The number of nitrogens with zero attached hydrogens (tertiary/aromatic N) is 8. The van der Waals surface area contributed by atoms with E-state index in [0.29, 0.717) is 61.2 Å². The number of carbonyl (C=O) groups is 2. The minimum Gasteiger partial charge on any atom is -0.494 e. The molecule has 3 N–H and O–H groups in total. The third-order valence-electron chi connectivity index (χ3n) is 13.3. The van der Waals surface area contributed by atoms with E-state index in [1.807, 2.05) is 37.3 Å². The first-order chi connectivity index (χ1) is 32.3. The Balaban J connectivity index is 0.804. The summed E-state index contributed by atoms with van der Waals surface area (Å²) in [7, 11) is -1.12. The lowest BCUT2D eigenvalue weighted by Gasteiger charge is -2.43. The second kappa shape index (κ2) is 19.5. The van der Waals surface area contributed by atoms with Crippen LogP contribution in [0.2, 0.25) is 0 Å². The number of carbonyl (C=O) groups excluding carboxylic acids is 2. The summed E-state index contributed by atoms with van der Waals surface area (Å²) in [4.78, 5) is 63.4. The summed E-state index contributed by atoms with van der Waals surface area (Å²) in [6.07, 6.45) is 8.47. The lowest BCUT2D eigenvalue weighted by Crippen LogP contribution is -2.53. The molecular weight excluding hydrogens is 937 g/mol. The number of piperidine rings is 2. The van der Waals surface area contributed by atoms with Gasteiger partial charge in [-0.15, -0.1) is 0 Å². The van der Waals surface area contributed by atoms with Gasteiger partial charge in [-0.25, -0.2) is 14.8 Å². The van der Waals surface area contributed by atoms with E-state index in [9.17, 15) is 18.9 Å². The number of anilines is 5. The van der Waals surface area contributed by atoms with Crippen LogP contribution in [0.3, 0.4) is 0 Å². The van der Waals surface area contributed by atoms with Gasteiger partial charge in [0, 0.05) is 82.4 Å². The number of amides is 2. The van der Waals surface area contributed by atoms with Gasteiger partial charge in [0.15, 0.2) is 5.58 Å². The molecule has 1 unspecified atom stereocenters. The van der Waals surface area contributed by atoms with Gasteiger partial charge in [-0.05, 0) is 109 Å². The van der Waals surface area contributed by atoms with Crippen molar-refractivity contribution in [3.63, 3.8) is 0 Å². The summed E-state index contributed by atoms with van der Waals surface area (Å²) >= 11 is 3.62. The van der Waals surface area contributed by atoms with Crippen molar-refractivity contribution in [1.82, 2.24) is 39.6 Å². The molecule has 3 aliphatic rings. The maximum atomic E-state index is 13.7. The lowest BCUT2D eigenvalue weighted by atomic mass is 9.99. The number of methoxy groups -OCH3 is 1. The molecule has 0 spiro atoms. The number of nitrogens with one attached hydrogen (secondary N) is 3. The first-order valence-corrected chi connectivity index (χ1v) is 26.5. The van der Waals surface area contributed by atoms with Crippen LogP contribution in [0.1, 0.15) is 62.4 Å². The van der Waals surface area contributed by atoms with E-state index in [4.69, 9.17) is 19.1 Å². The number of oxazole rings is 1. The summed E-state index contributed by atoms with van der Waals surface area (Å²) in [5.41, 5.74) is 8.09. The Morgan fingerprint density at radius 3 is 2.40 bits per heavy atom. The number of benzene rings is 3. The van der Waals surface area contributed by atoms with Crippen molar-refractivity contribution in [3.8, 4) is 5.75 Å². The lowest BCUT2D eigenvalue weighted by molar-refractivity contribution is -0.135. The van der Waals surface area contributed by atoms with Crippen molar-refractivity contribution in [1.29, 1.82) is 0 Å². The number of aryl methyl sites for hydroxylation is 2. The summed E-state index contributed by atoms with van der Waals surface area (Å²) in [5.74, 6) is 0.204. The standard InChI is InChI=1S/C48H57BrN11O6P/c1-6-30-25-36(54-47-51-28-33(49)45(56-47)53-35-10-9-34-43(44(35)67(4,5)64)50-27-31(7-2)52-34)40(65-3)26-39(30)59-18-15-32(16-19-59)58-22-20-57(21-23-58)17-14-29-8-11-37-41(24-29)66-48(63)60(37)38-12-13-42(61)55-46(38)62/h8-11,24-28,32,38H,6-7,12-23H2,1-5H3,(H,55,61,62)(H2,51,53,54,56). The van der Waals surface area contributed by atoms with Crippen molar-refractivity contribution >= 4 is 91.2 Å². The van der Waals surface area contributed by atoms with Crippen LogP contribution in [0.15, 0.2) is 68.5 Å². The van der Waals surface area contributed by atoms with Gasteiger partial charge in [0.05, 0.1) is 45.0 Å².